The summed E-state index contributed by atoms with van der Waals surface area (Å²) in [4.78, 5) is 4.51. The largest absolute Gasteiger partial charge is 0.370 e. The second-order valence-corrected chi connectivity index (χ2v) is 6.55. The number of hydrogen-bond acceptors (Lipinski definition) is 2. The minimum atomic E-state index is 0. The van der Waals surface area contributed by atoms with Gasteiger partial charge in [0.15, 0.2) is 5.96 Å². The fraction of sp³-hybridized carbons (Fsp3) is 0.562. The van der Waals surface area contributed by atoms with Gasteiger partial charge in [-0.2, -0.15) is 11.8 Å². The lowest BCUT2D eigenvalue weighted by atomic mass is 10.0. The van der Waals surface area contributed by atoms with Crippen LogP contribution in [0, 0.1) is 0 Å². The molecule has 118 valence electrons. The second kappa shape index (κ2) is 9.56. The number of anilines is 1. The van der Waals surface area contributed by atoms with Crippen molar-refractivity contribution in [1.82, 2.24) is 0 Å². The van der Waals surface area contributed by atoms with Crippen molar-refractivity contribution >= 4 is 47.4 Å². The van der Waals surface area contributed by atoms with E-state index in [4.69, 9.17) is 5.73 Å². The van der Waals surface area contributed by atoms with Gasteiger partial charge in [-0.15, -0.1) is 24.0 Å². The van der Waals surface area contributed by atoms with Gasteiger partial charge in [-0.25, -0.2) is 0 Å². The molecule has 2 rings (SSSR count). The van der Waals surface area contributed by atoms with E-state index in [9.17, 15) is 0 Å². The lowest BCUT2D eigenvalue weighted by Gasteiger charge is -2.15. The van der Waals surface area contributed by atoms with E-state index in [-0.39, 0.29) is 24.0 Å². The van der Waals surface area contributed by atoms with E-state index in [0.717, 1.165) is 25.1 Å². The van der Waals surface area contributed by atoms with Gasteiger partial charge in [0.25, 0.3) is 0 Å². The number of halogens is 1. The Kier molecular flexibility index (Phi) is 8.48. The van der Waals surface area contributed by atoms with Crippen LogP contribution in [0.5, 0.6) is 0 Å². The lowest BCUT2D eigenvalue weighted by Crippen LogP contribution is -2.25. The number of benzene rings is 1. The Bertz CT molecular complexity index is 448. The highest BCUT2D eigenvalue weighted by Crippen LogP contribution is 2.26. The molecular formula is C16H26IN3S. The molecule has 1 atom stereocenters. The van der Waals surface area contributed by atoms with E-state index in [1.807, 2.05) is 11.8 Å². The van der Waals surface area contributed by atoms with Crippen LogP contribution in [0.4, 0.5) is 5.69 Å². The molecule has 0 bridgehead atoms. The van der Waals surface area contributed by atoms with E-state index in [1.165, 1.54) is 29.7 Å². The number of nitrogens with one attached hydrogen (secondary N) is 1. The van der Waals surface area contributed by atoms with Crippen molar-refractivity contribution in [2.24, 2.45) is 10.7 Å². The van der Waals surface area contributed by atoms with E-state index >= 15 is 0 Å². The first-order chi connectivity index (χ1) is 9.74. The SMILES string of the molecule is CCc1cccc(CC)c1NC(N)=NCC1CCCS1.I. The van der Waals surface area contributed by atoms with Crippen molar-refractivity contribution < 1.29 is 0 Å². The molecule has 1 aliphatic heterocycles. The Hall–Kier alpha value is -0.430. The molecule has 0 saturated carbocycles. The van der Waals surface area contributed by atoms with Gasteiger partial charge < -0.3 is 11.1 Å². The molecule has 1 aromatic carbocycles. The van der Waals surface area contributed by atoms with Gasteiger partial charge in [0, 0.05) is 10.9 Å². The number of hydrogen-bond donors (Lipinski definition) is 2. The molecule has 0 radical (unpaired) electrons. The predicted octanol–water partition coefficient (Wildman–Crippen LogP) is 4.05. The Morgan fingerprint density at radius 3 is 2.52 bits per heavy atom. The number of para-hydroxylation sites is 1. The van der Waals surface area contributed by atoms with Crippen LogP contribution in [0.3, 0.4) is 0 Å². The summed E-state index contributed by atoms with van der Waals surface area (Å²) in [6.07, 6.45) is 4.59. The molecule has 5 heteroatoms. The number of nitrogens with two attached hydrogens (primary N) is 1. The zero-order valence-corrected chi connectivity index (χ0v) is 16.0. The summed E-state index contributed by atoms with van der Waals surface area (Å²) in [5.74, 6) is 1.82. The summed E-state index contributed by atoms with van der Waals surface area (Å²) < 4.78 is 0. The van der Waals surface area contributed by atoms with Gasteiger partial charge in [-0.3, -0.25) is 4.99 Å². The third kappa shape index (κ3) is 5.36. The zero-order valence-electron chi connectivity index (χ0n) is 12.9. The molecule has 1 fully saturated rings. The minimum absolute atomic E-state index is 0. The zero-order chi connectivity index (χ0) is 14.4. The monoisotopic (exact) mass is 419 g/mol. The summed E-state index contributed by atoms with van der Waals surface area (Å²) >= 11 is 2.02. The number of aliphatic imine (C=N–C) groups is 1. The smallest absolute Gasteiger partial charge is 0.193 e. The van der Waals surface area contributed by atoms with Crippen molar-refractivity contribution in [1.29, 1.82) is 0 Å². The van der Waals surface area contributed by atoms with E-state index in [1.54, 1.807) is 0 Å². The molecule has 0 aliphatic carbocycles. The third-order valence-electron chi connectivity index (χ3n) is 3.74. The predicted molar refractivity (Wildman–Crippen MR) is 106 cm³/mol. The Labute approximate surface area is 149 Å². The van der Waals surface area contributed by atoms with E-state index in [0.29, 0.717) is 11.2 Å². The normalized spacial score (nSPS) is 18.4. The van der Waals surface area contributed by atoms with Gasteiger partial charge in [0.05, 0.1) is 6.54 Å². The molecule has 0 aromatic heterocycles. The number of guanidine groups is 1. The molecule has 21 heavy (non-hydrogen) atoms. The first-order valence-corrected chi connectivity index (χ1v) is 8.58. The molecule has 1 aliphatic rings. The molecule has 3 nitrogen and oxygen atoms in total. The summed E-state index contributed by atoms with van der Waals surface area (Å²) in [6, 6.07) is 6.43. The summed E-state index contributed by atoms with van der Waals surface area (Å²) in [5, 5.41) is 3.98. The number of nitrogens with zero attached hydrogens (tertiary/aromatic N) is 1. The highest BCUT2D eigenvalue weighted by Gasteiger charge is 2.15. The molecular weight excluding hydrogens is 393 g/mol. The maximum Gasteiger partial charge on any atom is 0.193 e. The van der Waals surface area contributed by atoms with Crippen LogP contribution in [0.1, 0.15) is 37.8 Å². The molecule has 1 aromatic rings. The summed E-state index contributed by atoms with van der Waals surface area (Å²) in [7, 11) is 0. The van der Waals surface area contributed by atoms with Gasteiger partial charge >= 0.3 is 0 Å². The fourth-order valence-corrected chi connectivity index (χ4v) is 3.74. The molecule has 0 amide bonds. The number of aryl methyl sites for hydroxylation is 2. The van der Waals surface area contributed by atoms with Gasteiger partial charge in [-0.05, 0) is 42.6 Å². The van der Waals surface area contributed by atoms with Crippen molar-refractivity contribution in [3.8, 4) is 0 Å². The van der Waals surface area contributed by atoms with Crippen LogP contribution >= 0.6 is 35.7 Å². The molecule has 1 saturated heterocycles. The topological polar surface area (TPSA) is 50.4 Å². The van der Waals surface area contributed by atoms with Crippen molar-refractivity contribution in [2.75, 3.05) is 17.6 Å². The lowest BCUT2D eigenvalue weighted by molar-refractivity contribution is 0.786. The first-order valence-electron chi connectivity index (χ1n) is 7.53. The Balaban J connectivity index is 0.00000220. The molecule has 1 unspecified atom stereocenters. The van der Waals surface area contributed by atoms with Crippen LogP contribution in [0.2, 0.25) is 0 Å². The van der Waals surface area contributed by atoms with Crippen molar-refractivity contribution in [2.45, 2.75) is 44.8 Å². The van der Waals surface area contributed by atoms with E-state index in [2.05, 4.69) is 42.4 Å². The van der Waals surface area contributed by atoms with Crippen LogP contribution in [-0.2, 0) is 12.8 Å². The first kappa shape index (κ1) is 18.6. The Morgan fingerprint density at radius 2 is 2.00 bits per heavy atom. The van der Waals surface area contributed by atoms with Crippen LogP contribution < -0.4 is 11.1 Å². The van der Waals surface area contributed by atoms with Crippen LogP contribution in [0.15, 0.2) is 23.2 Å². The minimum Gasteiger partial charge on any atom is -0.370 e. The average molecular weight is 419 g/mol. The van der Waals surface area contributed by atoms with Gasteiger partial charge in [0.2, 0.25) is 0 Å². The average Bonchev–Trinajstić information content (AvgIpc) is 2.98. The van der Waals surface area contributed by atoms with Gasteiger partial charge in [-0.1, -0.05) is 32.0 Å². The standard InChI is InChI=1S/C16H25N3S.HI/c1-3-12-7-5-8-13(4-2)15(12)19-16(17)18-11-14-9-6-10-20-14;/h5,7-8,14H,3-4,6,9-11H2,1-2H3,(H3,17,18,19);1H. The van der Waals surface area contributed by atoms with Crippen molar-refractivity contribution in [3.05, 3.63) is 29.3 Å². The number of thioether (sulfide) groups is 1. The van der Waals surface area contributed by atoms with Gasteiger partial charge in [0.1, 0.15) is 0 Å². The second-order valence-electron chi connectivity index (χ2n) is 5.14. The summed E-state index contributed by atoms with van der Waals surface area (Å²) in [6.45, 7) is 5.17. The third-order valence-corrected chi connectivity index (χ3v) is 5.12. The maximum absolute atomic E-state index is 6.06. The summed E-state index contributed by atoms with van der Waals surface area (Å²) in [5.41, 5.74) is 9.82. The van der Waals surface area contributed by atoms with Crippen LogP contribution in [-0.4, -0.2) is 23.5 Å². The fourth-order valence-electron chi connectivity index (χ4n) is 2.56. The molecule has 0 spiro atoms. The maximum atomic E-state index is 6.06. The number of rotatable bonds is 5. The highest BCUT2D eigenvalue weighted by atomic mass is 127. The molecule has 1 heterocycles. The Morgan fingerprint density at radius 1 is 1.33 bits per heavy atom. The highest BCUT2D eigenvalue weighted by molar-refractivity contribution is 14.0. The van der Waals surface area contributed by atoms with E-state index < -0.39 is 0 Å². The quantitative estimate of drug-likeness (QED) is 0.430. The van der Waals surface area contributed by atoms with Crippen molar-refractivity contribution in [3.63, 3.8) is 0 Å². The molecule has 3 N–H and O–H groups in total. The van der Waals surface area contributed by atoms with Crippen LogP contribution in [0.25, 0.3) is 0 Å².